The van der Waals surface area contributed by atoms with Crippen molar-refractivity contribution < 1.29 is 17.4 Å². The first-order chi connectivity index (χ1) is 18.6. The summed E-state index contributed by atoms with van der Waals surface area (Å²) >= 11 is 6.26. The van der Waals surface area contributed by atoms with Crippen molar-refractivity contribution in [2.45, 2.75) is 30.1 Å². The lowest BCUT2D eigenvalue weighted by molar-refractivity contribution is -0.137. The van der Waals surface area contributed by atoms with Crippen molar-refractivity contribution in [3.63, 3.8) is 0 Å². The number of nitriles is 1. The van der Waals surface area contributed by atoms with Crippen LogP contribution in [0.5, 0.6) is 0 Å². The number of aryl methyl sites for hydroxylation is 1. The molecular weight excluding hydrogens is 555 g/mol. The van der Waals surface area contributed by atoms with E-state index < -0.39 is 28.4 Å². The van der Waals surface area contributed by atoms with Crippen LogP contribution >= 0.6 is 11.6 Å². The Kier molecular flexibility index (Phi) is 7.39. The lowest BCUT2D eigenvalue weighted by Crippen LogP contribution is -2.40. The average molecular weight is 576 g/mol. The highest BCUT2D eigenvalue weighted by atomic mass is 35.5. The van der Waals surface area contributed by atoms with Crippen LogP contribution in [-0.2, 0) is 24.2 Å². The lowest BCUT2D eigenvalue weighted by atomic mass is 10.1. The lowest BCUT2D eigenvalue weighted by Gasteiger charge is -2.30. The van der Waals surface area contributed by atoms with Crippen LogP contribution in [0.1, 0.15) is 24.0 Å². The van der Waals surface area contributed by atoms with E-state index in [1.807, 2.05) is 6.07 Å². The maximum Gasteiger partial charge on any atom is 0.420 e. The topological polar surface area (TPSA) is 118 Å². The second-order valence-corrected chi connectivity index (χ2v) is 10.7. The SMILES string of the molecule is Cn1cnc(S(=O)N2CCC(Nc3ncc(C(F)(F)F)c(-c4cn(-c5c(Cl)cccc5C#N)cn4)n3)CC2)c1. The van der Waals surface area contributed by atoms with Gasteiger partial charge in [0.2, 0.25) is 5.95 Å². The summed E-state index contributed by atoms with van der Waals surface area (Å²) in [5.74, 6) is 0.0207. The van der Waals surface area contributed by atoms with Crippen molar-refractivity contribution in [2.75, 3.05) is 18.4 Å². The van der Waals surface area contributed by atoms with Gasteiger partial charge in [0.25, 0.3) is 0 Å². The smallest absolute Gasteiger partial charge is 0.351 e. The highest BCUT2D eigenvalue weighted by molar-refractivity contribution is 7.82. The highest BCUT2D eigenvalue weighted by Gasteiger charge is 2.36. The number of hydrogen-bond donors (Lipinski definition) is 1. The summed E-state index contributed by atoms with van der Waals surface area (Å²) in [6.07, 6.45) is 3.07. The summed E-state index contributed by atoms with van der Waals surface area (Å²) in [6.45, 7) is 0.996. The molecule has 1 aliphatic rings. The number of nitrogens with one attached hydrogen (secondary N) is 1. The fraction of sp³-hybridized carbons (Fsp3) is 0.292. The second-order valence-electron chi connectivity index (χ2n) is 8.84. The third-order valence-corrected chi connectivity index (χ3v) is 7.87. The normalized spacial score (nSPS) is 15.7. The van der Waals surface area contributed by atoms with Gasteiger partial charge in [-0.15, -0.1) is 0 Å². The number of benzene rings is 1. The number of nitrogens with zero attached hydrogens (tertiary/aromatic N) is 8. The average Bonchev–Trinajstić information content (AvgIpc) is 3.57. The number of hydrogen-bond acceptors (Lipinski definition) is 7. The Hall–Kier alpha value is -3.80. The van der Waals surface area contributed by atoms with E-state index in [1.165, 1.54) is 17.1 Å². The Morgan fingerprint density at radius 1 is 1.15 bits per heavy atom. The van der Waals surface area contributed by atoms with Crippen LogP contribution in [0.4, 0.5) is 19.1 Å². The summed E-state index contributed by atoms with van der Waals surface area (Å²) in [4.78, 5) is 16.4. The first kappa shape index (κ1) is 26.8. The van der Waals surface area contributed by atoms with Gasteiger partial charge in [0.1, 0.15) is 40.3 Å². The molecule has 0 saturated carbocycles. The molecule has 1 aliphatic heterocycles. The first-order valence-corrected chi connectivity index (χ1v) is 13.2. The van der Waals surface area contributed by atoms with Gasteiger partial charge in [-0.1, -0.05) is 17.7 Å². The van der Waals surface area contributed by atoms with E-state index in [2.05, 4.69) is 25.3 Å². The summed E-state index contributed by atoms with van der Waals surface area (Å²) in [6, 6.07) is 6.61. The van der Waals surface area contributed by atoms with Crippen LogP contribution in [0.25, 0.3) is 17.1 Å². The zero-order chi connectivity index (χ0) is 27.7. The maximum absolute atomic E-state index is 13.9. The summed E-state index contributed by atoms with van der Waals surface area (Å²) in [7, 11) is 0.406. The van der Waals surface area contributed by atoms with E-state index >= 15 is 0 Å². The molecule has 4 heterocycles. The van der Waals surface area contributed by atoms with Gasteiger partial charge in [-0.25, -0.2) is 28.5 Å². The molecule has 4 aromatic rings. The molecule has 10 nitrogen and oxygen atoms in total. The second kappa shape index (κ2) is 10.8. The molecule has 0 bridgehead atoms. The van der Waals surface area contributed by atoms with Gasteiger partial charge in [-0.05, 0) is 25.0 Å². The minimum Gasteiger partial charge on any atom is -0.351 e. The molecule has 5 rings (SSSR count). The first-order valence-electron chi connectivity index (χ1n) is 11.7. The molecule has 0 radical (unpaired) electrons. The Morgan fingerprint density at radius 2 is 1.92 bits per heavy atom. The van der Waals surface area contributed by atoms with E-state index in [1.54, 1.807) is 46.6 Å². The molecule has 1 unspecified atom stereocenters. The predicted octanol–water partition coefficient (Wildman–Crippen LogP) is 4.21. The van der Waals surface area contributed by atoms with E-state index in [-0.39, 0.29) is 28.3 Å². The minimum absolute atomic E-state index is 0.0207. The molecule has 1 aromatic carbocycles. The quantitative estimate of drug-likeness (QED) is 0.366. The molecule has 3 aromatic heterocycles. The number of anilines is 1. The molecule has 0 spiro atoms. The summed E-state index contributed by atoms with van der Waals surface area (Å²) < 4.78 is 59.2. The molecule has 0 amide bonds. The number of halogens is 4. The maximum atomic E-state index is 13.9. The Balaban J connectivity index is 1.37. The van der Waals surface area contributed by atoms with E-state index in [0.717, 1.165) is 6.20 Å². The summed E-state index contributed by atoms with van der Waals surface area (Å²) in [5.41, 5.74) is -0.965. The molecule has 15 heteroatoms. The van der Waals surface area contributed by atoms with E-state index in [9.17, 15) is 22.6 Å². The number of rotatable bonds is 6. The Morgan fingerprint density at radius 3 is 2.59 bits per heavy atom. The summed E-state index contributed by atoms with van der Waals surface area (Å²) in [5, 5.41) is 13.3. The zero-order valence-corrected chi connectivity index (χ0v) is 22.0. The fourth-order valence-corrected chi connectivity index (χ4v) is 5.72. The molecule has 1 N–H and O–H groups in total. The molecule has 39 heavy (non-hydrogen) atoms. The fourth-order valence-electron chi connectivity index (χ4n) is 4.25. The van der Waals surface area contributed by atoms with E-state index in [0.29, 0.717) is 36.6 Å². The number of piperidine rings is 1. The monoisotopic (exact) mass is 575 g/mol. The molecule has 1 saturated heterocycles. The van der Waals surface area contributed by atoms with Crippen LogP contribution in [0.2, 0.25) is 5.02 Å². The van der Waals surface area contributed by atoms with Crippen LogP contribution < -0.4 is 5.32 Å². The van der Waals surface area contributed by atoms with Gasteiger partial charge >= 0.3 is 6.18 Å². The van der Waals surface area contributed by atoms with Crippen LogP contribution in [0.15, 0.2) is 54.5 Å². The Labute approximate surface area is 228 Å². The van der Waals surface area contributed by atoms with Crippen molar-refractivity contribution in [3.05, 3.63) is 65.6 Å². The van der Waals surface area contributed by atoms with Gasteiger partial charge in [0.15, 0.2) is 5.03 Å². The van der Waals surface area contributed by atoms with Gasteiger partial charge in [-0.2, -0.15) is 18.4 Å². The van der Waals surface area contributed by atoms with Gasteiger partial charge in [-0.3, -0.25) is 0 Å². The number of alkyl halides is 3. The van der Waals surface area contributed by atoms with Crippen molar-refractivity contribution in [3.8, 4) is 23.1 Å². The van der Waals surface area contributed by atoms with Crippen LogP contribution in [0, 0.1) is 11.3 Å². The molecule has 202 valence electrons. The molecular formula is C24H21ClF3N9OS. The standard InChI is InChI=1S/C24H21ClF3N9OS/c1-35-12-20(32-13-35)39(38)37-7-5-16(6-8-37)33-23-30-10-17(24(26,27)28)21(34-23)19-11-36(14-31-19)22-15(9-29)3-2-4-18(22)25/h2-4,10-14,16H,5-8H2,1H3,(H,30,33,34). The predicted molar refractivity (Wildman–Crippen MR) is 137 cm³/mol. The zero-order valence-electron chi connectivity index (χ0n) is 20.4. The molecule has 1 atom stereocenters. The highest BCUT2D eigenvalue weighted by Crippen LogP contribution is 2.36. The van der Waals surface area contributed by atoms with Crippen molar-refractivity contribution >= 4 is 28.5 Å². The third-order valence-electron chi connectivity index (χ3n) is 6.17. The third kappa shape index (κ3) is 5.65. The largest absolute Gasteiger partial charge is 0.420 e. The van der Waals surface area contributed by atoms with E-state index in [4.69, 9.17) is 11.6 Å². The molecule has 0 aliphatic carbocycles. The number of imidazole rings is 2. The van der Waals surface area contributed by atoms with Gasteiger partial charge in [0.05, 0.1) is 22.6 Å². The van der Waals surface area contributed by atoms with Gasteiger partial charge in [0, 0.05) is 44.8 Å². The van der Waals surface area contributed by atoms with Crippen molar-refractivity contribution in [1.29, 1.82) is 5.26 Å². The van der Waals surface area contributed by atoms with Crippen LogP contribution in [-0.4, -0.2) is 56.7 Å². The van der Waals surface area contributed by atoms with Crippen LogP contribution in [0.3, 0.4) is 0 Å². The molecule has 1 fully saturated rings. The number of aromatic nitrogens is 6. The number of para-hydroxylation sites is 1. The van der Waals surface area contributed by atoms with Crippen molar-refractivity contribution in [1.82, 2.24) is 33.4 Å². The van der Waals surface area contributed by atoms with Gasteiger partial charge < -0.3 is 14.5 Å². The minimum atomic E-state index is -4.72. The van der Waals surface area contributed by atoms with Crippen molar-refractivity contribution in [2.24, 2.45) is 7.05 Å². The Bertz CT molecular complexity index is 1570.